The zero-order valence-electron chi connectivity index (χ0n) is 10.9. The minimum atomic E-state index is -4.36. The fraction of sp³-hybridized carbons (Fsp3) is 0.538. The Morgan fingerprint density at radius 3 is 2.65 bits per heavy atom. The second-order valence-corrected chi connectivity index (χ2v) is 4.71. The monoisotopic (exact) mass is 313 g/mol. The first-order valence-corrected chi connectivity index (χ1v) is 6.52. The molecular formula is C13H16ClF4NO. The van der Waals surface area contributed by atoms with E-state index in [1.807, 2.05) is 6.92 Å². The molecule has 0 aromatic heterocycles. The molecule has 7 heteroatoms. The van der Waals surface area contributed by atoms with Crippen LogP contribution in [0, 0.1) is 5.82 Å². The summed E-state index contributed by atoms with van der Waals surface area (Å²) >= 11 is 5.66. The lowest BCUT2D eigenvalue weighted by atomic mass is 10.1. The van der Waals surface area contributed by atoms with Gasteiger partial charge in [-0.15, -0.1) is 0 Å². The smallest absolute Gasteiger partial charge is 0.370 e. The summed E-state index contributed by atoms with van der Waals surface area (Å²) in [5, 5.41) is 2.96. The van der Waals surface area contributed by atoms with Crippen LogP contribution in [-0.4, -0.2) is 32.0 Å². The van der Waals surface area contributed by atoms with Gasteiger partial charge in [-0.2, -0.15) is 13.2 Å². The molecule has 0 heterocycles. The van der Waals surface area contributed by atoms with Gasteiger partial charge in [0.2, 0.25) is 0 Å². The van der Waals surface area contributed by atoms with E-state index < -0.39 is 24.6 Å². The Kier molecular flexibility index (Phi) is 6.71. The lowest BCUT2D eigenvalue weighted by Crippen LogP contribution is -2.36. The third-order valence-corrected chi connectivity index (χ3v) is 2.87. The Morgan fingerprint density at radius 1 is 1.35 bits per heavy atom. The molecule has 1 atom stereocenters. The van der Waals surface area contributed by atoms with Gasteiger partial charge in [0.1, 0.15) is 12.4 Å². The minimum absolute atomic E-state index is 0.00559. The lowest BCUT2D eigenvalue weighted by Gasteiger charge is -2.19. The van der Waals surface area contributed by atoms with Crippen LogP contribution in [0.2, 0.25) is 5.02 Å². The minimum Gasteiger partial charge on any atom is -0.370 e. The molecule has 1 unspecified atom stereocenters. The number of rotatable bonds is 7. The maximum atomic E-state index is 13.7. The molecule has 0 fully saturated rings. The van der Waals surface area contributed by atoms with Gasteiger partial charge in [0.05, 0.1) is 11.6 Å². The number of ether oxygens (including phenoxy) is 1. The third kappa shape index (κ3) is 6.07. The van der Waals surface area contributed by atoms with Gasteiger partial charge in [-0.25, -0.2) is 4.39 Å². The van der Waals surface area contributed by atoms with Gasteiger partial charge in [-0.1, -0.05) is 30.7 Å². The number of alkyl halides is 3. The first kappa shape index (κ1) is 17.2. The van der Waals surface area contributed by atoms with E-state index in [9.17, 15) is 17.6 Å². The Hall–Kier alpha value is -0.850. The molecule has 2 nitrogen and oxygen atoms in total. The molecule has 0 saturated heterocycles. The molecule has 0 saturated carbocycles. The van der Waals surface area contributed by atoms with Crippen LogP contribution < -0.4 is 5.32 Å². The van der Waals surface area contributed by atoms with Crippen LogP contribution in [0.3, 0.4) is 0 Å². The first-order valence-electron chi connectivity index (χ1n) is 6.14. The quantitative estimate of drug-likeness (QED) is 0.777. The first-order chi connectivity index (χ1) is 9.33. The van der Waals surface area contributed by atoms with Crippen molar-refractivity contribution >= 4 is 11.6 Å². The molecule has 20 heavy (non-hydrogen) atoms. The van der Waals surface area contributed by atoms with E-state index >= 15 is 0 Å². The molecule has 0 spiro atoms. The van der Waals surface area contributed by atoms with E-state index in [1.54, 1.807) is 12.1 Å². The highest BCUT2D eigenvalue weighted by Crippen LogP contribution is 2.19. The predicted octanol–water partition coefficient (Wildman–Crippen LogP) is 3.58. The Bertz CT molecular complexity index is 425. The molecule has 0 aliphatic heterocycles. The summed E-state index contributed by atoms with van der Waals surface area (Å²) in [6.45, 7) is 0.888. The summed E-state index contributed by atoms with van der Waals surface area (Å²) in [5.74, 6) is -0.548. The summed E-state index contributed by atoms with van der Waals surface area (Å²) in [7, 11) is 0. The zero-order valence-corrected chi connectivity index (χ0v) is 11.7. The SMILES string of the molecule is CCNC(COCC(F)(F)F)Cc1cccc(Cl)c1F. The van der Waals surface area contributed by atoms with E-state index in [0.29, 0.717) is 12.1 Å². The average Bonchev–Trinajstić information content (AvgIpc) is 2.33. The van der Waals surface area contributed by atoms with E-state index in [-0.39, 0.29) is 18.1 Å². The number of nitrogens with one attached hydrogen (secondary N) is 1. The second kappa shape index (κ2) is 7.81. The van der Waals surface area contributed by atoms with Gasteiger partial charge in [-0.05, 0) is 24.6 Å². The summed E-state index contributed by atoms with van der Waals surface area (Å²) in [4.78, 5) is 0. The van der Waals surface area contributed by atoms with Gasteiger partial charge < -0.3 is 10.1 Å². The van der Waals surface area contributed by atoms with Crippen molar-refractivity contribution in [3.8, 4) is 0 Å². The standard InChI is InChI=1S/C13H16ClF4NO/c1-2-19-10(7-20-8-13(16,17)18)6-9-4-3-5-11(14)12(9)15/h3-5,10,19H,2,6-8H2,1H3. The van der Waals surface area contributed by atoms with Gasteiger partial charge in [-0.3, -0.25) is 0 Å². The molecule has 114 valence electrons. The van der Waals surface area contributed by atoms with Crippen molar-refractivity contribution in [2.24, 2.45) is 0 Å². The molecule has 1 rings (SSSR count). The van der Waals surface area contributed by atoms with Crippen LogP contribution >= 0.6 is 11.6 Å². The zero-order chi connectivity index (χ0) is 15.2. The van der Waals surface area contributed by atoms with Gasteiger partial charge >= 0.3 is 6.18 Å². The average molecular weight is 314 g/mol. The number of halogens is 5. The van der Waals surface area contributed by atoms with E-state index in [2.05, 4.69) is 10.1 Å². The van der Waals surface area contributed by atoms with Crippen molar-refractivity contribution in [1.82, 2.24) is 5.32 Å². The number of hydrogen-bond donors (Lipinski definition) is 1. The second-order valence-electron chi connectivity index (χ2n) is 4.30. The van der Waals surface area contributed by atoms with Crippen LogP contribution in [0.15, 0.2) is 18.2 Å². The lowest BCUT2D eigenvalue weighted by molar-refractivity contribution is -0.175. The molecule has 1 aromatic carbocycles. The predicted molar refractivity (Wildman–Crippen MR) is 69.5 cm³/mol. The number of hydrogen-bond acceptors (Lipinski definition) is 2. The largest absolute Gasteiger partial charge is 0.411 e. The van der Waals surface area contributed by atoms with Gasteiger partial charge in [0.25, 0.3) is 0 Å². The van der Waals surface area contributed by atoms with E-state index in [4.69, 9.17) is 11.6 Å². The van der Waals surface area contributed by atoms with Crippen LogP contribution in [0.25, 0.3) is 0 Å². The van der Waals surface area contributed by atoms with E-state index in [0.717, 1.165) is 0 Å². The third-order valence-electron chi connectivity index (χ3n) is 2.58. The molecule has 0 radical (unpaired) electrons. The Labute approximate surface area is 120 Å². The topological polar surface area (TPSA) is 21.3 Å². The maximum absolute atomic E-state index is 13.7. The number of likely N-dealkylation sites (N-methyl/N-ethyl adjacent to an activating group) is 1. The van der Waals surface area contributed by atoms with Gasteiger partial charge in [0.15, 0.2) is 0 Å². The highest BCUT2D eigenvalue weighted by molar-refractivity contribution is 6.30. The molecule has 1 aromatic rings. The molecule has 0 aliphatic carbocycles. The maximum Gasteiger partial charge on any atom is 0.411 e. The summed E-state index contributed by atoms with van der Waals surface area (Å²) in [6, 6.07) is 4.16. The van der Waals surface area contributed by atoms with Crippen molar-refractivity contribution in [3.05, 3.63) is 34.6 Å². The van der Waals surface area contributed by atoms with Crippen LogP contribution in [0.4, 0.5) is 17.6 Å². The summed E-state index contributed by atoms with van der Waals surface area (Å²) < 4.78 is 54.4. The van der Waals surface area contributed by atoms with Crippen molar-refractivity contribution in [3.63, 3.8) is 0 Å². The molecule has 0 bridgehead atoms. The van der Waals surface area contributed by atoms with Crippen molar-refractivity contribution in [2.75, 3.05) is 19.8 Å². The fourth-order valence-corrected chi connectivity index (χ4v) is 1.96. The number of benzene rings is 1. The molecule has 0 amide bonds. The van der Waals surface area contributed by atoms with Crippen molar-refractivity contribution < 1.29 is 22.3 Å². The Morgan fingerprint density at radius 2 is 2.05 bits per heavy atom. The Balaban J connectivity index is 2.60. The van der Waals surface area contributed by atoms with Crippen LogP contribution in [0.1, 0.15) is 12.5 Å². The molecule has 0 aliphatic rings. The fourth-order valence-electron chi connectivity index (χ4n) is 1.77. The van der Waals surface area contributed by atoms with Crippen molar-refractivity contribution in [1.29, 1.82) is 0 Å². The molecule has 1 N–H and O–H groups in total. The van der Waals surface area contributed by atoms with Crippen LogP contribution in [-0.2, 0) is 11.2 Å². The van der Waals surface area contributed by atoms with Gasteiger partial charge in [0, 0.05) is 6.04 Å². The molecular weight excluding hydrogens is 298 g/mol. The van der Waals surface area contributed by atoms with Crippen molar-refractivity contribution in [2.45, 2.75) is 25.6 Å². The highest BCUT2D eigenvalue weighted by atomic mass is 35.5. The highest BCUT2D eigenvalue weighted by Gasteiger charge is 2.28. The normalized spacial score (nSPS) is 13.5. The summed E-state index contributed by atoms with van der Waals surface area (Å²) in [6.07, 6.45) is -4.16. The summed E-state index contributed by atoms with van der Waals surface area (Å²) in [5.41, 5.74) is 0.346. The van der Waals surface area contributed by atoms with E-state index in [1.165, 1.54) is 6.07 Å². The van der Waals surface area contributed by atoms with Crippen LogP contribution in [0.5, 0.6) is 0 Å².